The summed E-state index contributed by atoms with van der Waals surface area (Å²) in [6.07, 6.45) is -4.78. The summed E-state index contributed by atoms with van der Waals surface area (Å²) in [6, 6.07) is 5.74. The molecule has 0 aliphatic heterocycles. The molecule has 0 spiro atoms. The number of benzene rings is 2. The number of hydrogen-bond donors (Lipinski definition) is 1. The van der Waals surface area contributed by atoms with E-state index in [1.165, 1.54) is 26.4 Å². The fraction of sp³-hybridized carbons (Fsp3) is 0.300. The topological polar surface area (TPSA) is 56.3 Å². The Hall–Kier alpha value is -3.10. The van der Waals surface area contributed by atoms with Crippen LogP contribution in [0.25, 0.3) is 10.9 Å². The van der Waals surface area contributed by atoms with Gasteiger partial charge in [0.05, 0.1) is 31.3 Å². The Kier molecular flexibility index (Phi) is 5.50. The van der Waals surface area contributed by atoms with Crippen molar-refractivity contribution in [3.05, 3.63) is 53.1 Å². The third kappa shape index (κ3) is 4.03. The number of hydrogen-bond acceptors (Lipinski definition) is 5. The van der Waals surface area contributed by atoms with Crippen LogP contribution in [0.5, 0.6) is 11.5 Å². The minimum absolute atomic E-state index is 0.121. The Balaban J connectivity index is 2.06. The lowest BCUT2D eigenvalue weighted by molar-refractivity contribution is -0.140. The average molecular weight is 409 g/mol. The summed E-state index contributed by atoms with van der Waals surface area (Å²) >= 11 is 0. The van der Waals surface area contributed by atoms with E-state index >= 15 is 0 Å². The smallest absolute Gasteiger partial charge is 0.419 e. The quantitative estimate of drug-likeness (QED) is 0.581. The number of nitrogens with zero attached hydrogens (tertiary/aromatic N) is 2. The molecule has 9 heteroatoms. The van der Waals surface area contributed by atoms with Gasteiger partial charge in [0.2, 0.25) is 0 Å². The fourth-order valence-corrected chi connectivity index (χ4v) is 3.07. The van der Waals surface area contributed by atoms with Crippen molar-refractivity contribution in [2.45, 2.75) is 26.1 Å². The second-order valence-electron chi connectivity index (χ2n) is 6.42. The summed E-state index contributed by atoms with van der Waals surface area (Å²) in [7, 11) is 2.97. The van der Waals surface area contributed by atoms with E-state index < -0.39 is 23.6 Å². The molecular weight excluding hydrogens is 390 g/mol. The van der Waals surface area contributed by atoms with Gasteiger partial charge in [0, 0.05) is 17.0 Å². The Morgan fingerprint density at radius 3 is 2.31 bits per heavy atom. The molecule has 29 heavy (non-hydrogen) atoms. The number of alkyl halides is 3. The van der Waals surface area contributed by atoms with Crippen LogP contribution in [0.2, 0.25) is 0 Å². The number of rotatable bonds is 5. The Bertz CT molecular complexity index is 1050. The Labute approximate surface area is 164 Å². The summed E-state index contributed by atoms with van der Waals surface area (Å²) in [4.78, 5) is 8.69. The summed E-state index contributed by atoms with van der Waals surface area (Å²) in [6.45, 7) is 3.24. The Morgan fingerprint density at radius 2 is 1.69 bits per heavy atom. The molecule has 0 amide bonds. The van der Waals surface area contributed by atoms with Crippen molar-refractivity contribution in [3.63, 3.8) is 0 Å². The number of methoxy groups -OCH3 is 2. The van der Waals surface area contributed by atoms with Gasteiger partial charge in [-0.05, 0) is 26.0 Å². The second kappa shape index (κ2) is 7.73. The van der Waals surface area contributed by atoms with Crippen LogP contribution in [0.3, 0.4) is 0 Å². The van der Waals surface area contributed by atoms with E-state index in [0.29, 0.717) is 40.1 Å². The van der Waals surface area contributed by atoms with Gasteiger partial charge in [-0.25, -0.2) is 14.4 Å². The van der Waals surface area contributed by atoms with Crippen LogP contribution in [-0.2, 0) is 6.18 Å². The number of fused-ring (bicyclic) bond motifs is 1. The van der Waals surface area contributed by atoms with Crippen molar-refractivity contribution in [2.75, 3.05) is 19.5 Å². The predicted molar refractivity (Wildman–Crippen MR) is 101 cm³/mol. The molecule has 1 N–H and O–H groups in total. The van der Waals surface area contributed by atoms with Gasteiger partial charge in [-0.1, -0.05) is 12.1 Å². The summed E-state index contributed by atoms with van der Waals surface area (Å²) < 4.78 is 64.2. The SMILES string of the molecule is COc1cc2nc(C)nc(N[C@H](C)c3cccc(C(F)(F)F)c3F)c2cc1OC. The van der Waals surface area contributed by atoms with E-state index in [2.05, 4.69) is 15.3 Å². The lowest BCUT2D eigenvalue weighted by Gasteiger charge is -2.20. The molecule has 0 saturated carbocycles. The molecule has 1 heterocycles. The standard InChI is InChI=1S/C20H19F4N3O2/c1-10(12-6-5-7-14(18(12)21)20(22,23)24)25-19-13-8-16(28-3)17(29-4)9-15(13)26-11(2)27-19/h5-10H,1-4H3,(H,25,26,27)/t10-/m1/s1. The van der Waals surface area contributed by atoms with Gasteiger partial charge in [-0.2, -0.15) is 13.2 Å². The molecule has 3 rings (SSSR count). The van der Waals surface area contributed by atoms with Gasteiger partial charge in [0.25, 0.3) is 0 Å². The summed E-state index contributed by atoms with van der Waals surface area (Å²) in [5, 5.41) is 3.56. The highest BCUT2D eigenvalue weighted by atomic mass is 19.4. The molecule has 3 aromatic rings. The molecule has 0 radical (unpaired) electrons. The van der Waals surface area contributed by atoms with Gasteiger partial charge in [0.15, 0.2) is 11.5 Å². The zero-order chi connectivity index (χ0) is 21.3. The van der Waals surface area contributed by atoms with Crippen molar-refractivity contribution in [3.8, 4) is 11.5 Å². The second-order valence-corrected chi connectivity index (χ2v) is 6.42. The van der Waals surface area contributed by atoms with Crippen molar-refractivity contribution in [1.29, 1.82) is 0 Å². The summed E-state index contributed by atoms with van der Waals surface area (Å²) in [5.74, 6) is 0.380. The third-order valence-corrected chi connectivity index (χ3v) is 4.47. The molecule has 0 bridgehead atoms. The first kappa shape index (κ1) is 20.6. The minimum atomic E-state index is -4.78. The molecule has 2 aromatic carbocycles. The number of aryl methyl sites for hydroxylation is 1. The molecule has 0 fully saturated rings. The van der Waals surface area contributed by atoms with E-state index in [0.717, 1.165) is 0 Å². The van der Waals surface area contributed by atoms with Gasteiger partial charge in [-0.3, -0.25) is 0 Å². The monoisotopic (exact) mass is 409 g/mol. The van der Waals surface area contributed by atoms with E-state index in [1.807, 2.05) is 0 Å². The lowest BCUT2D eigenvalue weighted by atomic mass is 10.0. The minimum Gasteiger partial charge on any atom is -0.493 e. The number of ether oxygens (including phenoxy) is 2. The van der Waals surface area contributed by atoms with Crippen molar-refractivity contribution in [2.24, 2.45) is 0 Å². The number of anilines is 1. The molecule has 1 aromatic heterocycles. The highest BCUT2D eigenvalue weighted by molar-refractivity contribution is 5.92. The molecule has 1 atom stereocenters. The number of aromatic nitrogens is 2. The van der Waals surface area contributed by atoms with Crippen molar-refractivity contribution in [1.82, 2.24) is 9.97 Å². The van der Waals surface area contributed by atoms with Crippen molar-refractivity contribution >= 4 is 16.7 Å². The maximum absolute atomic E-state index is 14.5. The first-order chi connectivity index (χ1) is 13.7. The van der Waals surface area contributed by atoms with Crippen LogP contribution in [0.1, 0.15) is 29.9 Å². The van der Waals surface area contributed by atoms with E-state index in [1.54, 1.807) is 26.0 Å². The predicted octanol–water partition coefficient (Wildman–Crippen LogP) is 5.29. The molecule has 0 unspecified atom stereocenters. The van der Waals surface area contributed by atoms with E-state index in [4.69, 9.17) is 9.47 Å². The van der Waals surface area contributed by atoms with Crippen LogP contribution < -0.4 is 14.8 Å². The van der Waals surface area contributed by atoms with Crippen LogP contribution in [0, 0.1) is 12.7 Å². The lowest BCUT2D eigenvalue weighted by Crippen LogP contribution is -2.15. The molecule has 154 valence electrons. The first-order valence-corrected chi connectivity index (χ1v) is 8.68. The largest absolute Gasteiger partial charge is 0.493 e. The van der Waals surface area contributed by atoms with Gasteiger partial charge >= 0.3 is 6.18 Å². The van der Waals surface area contributed by atoms with Crippen LogP contribution in [0.15, 0.2) is 30.3 Å². The number of halogens is 4. The zero-order valence-corrected chi connectivity index (χ0v) is 16.2. The van der Waals surface area contributed by atoms with Crippen LogP contribution >= 0.6 is 0 Å². The maximum Gasteiger partial charge on any atom is 0.419 e. The van der Waals surface area contributed by atoms with Gasteiger partial charge in [-0.15, -0.1) is 0 Å². The van der Waals surface area contributed by atoms with E-state index in [-0.39, 0.29) is 5.56 Å². The average Bonchev–Trinajstić information content (AvgIpc) is 2.65. The number of nitrogens with one attached hydrogen (secondary N) is 1. The molecular formula is C20H19F4N3O2. The normalized spacial score (nSPS) is 12.7. The third-order valence-electron chi connectivity index (χ3n) is 4.47. The van der Waals surface area contributed by atoms with Gasteiger partial charge in [0.1, 0.15) is 17.5 Å². The van der Waals surface area contributed by atoms with Crippen LogP contribution in [0.4, 0.5) is 23.4 Å². The van der Waals surface area contributed by atoms with Crippen molar-refractivity contribution < 1.29 is 27.0 Å². The first-order valence-electron chi connectivity index (χ1n) is 8.68. The van der Waals surface area contributed by atoms with Crippen LogP contribution in [-0.4, -0.2) is 24.2 Å². The highest BCUT2D eigenvalue weighted by Gasteiger charge is 2.35. The molecule has 0 saturated heterocycles. The zero-order valence-electron chi connectivity index (χ0n) is 16.2. The molecule has 0 aliphatic rings. The molecule has 5 nitrogen and oxygen atoms in total. The van der Waals surface area contributed by atoms with Gasteiger partial charge < -0.3 is 14.8 Å². The summed E-state index contributed by atoms with van der Waals surface area (Å²) in [5.41, 5.74) is -0.877. The van der Waals surface area contributed by atoms with E-state index in [9.17, 15) is 17.6 Å². The maximum atomic E-state index is 14.5. The highest BCUT2D eigenvalue weighted by Crippen LogP contribution is 2.37. The Morgan fingerprint density at radius 1 is 1.03 bits per heavy atom. The molecule has 0 aliphatic carbocycles. The fourth-order valence-electron chi connectivity index (χ4n) is 3.07.